The maximum absolute atomic E-state index is 12.7. The molecule has 9 heteroatoms. The molecule has 1 aliphatic heterocycles. The quantitative estimate of drug-likeness (QED) is 0.650. The van der Waals surface area contributed by atoms with Crippen molar-refractivity contribution in [2.75, 3.05) is 19.0 Å². The molecular weight excluding hydrogens is 418 g/mol. The zero-order valence-electron chi connectivity index (χ0n) is 17.8. The van der Waals surface area contributed by atoms with Crippen molar-refractivity contribution in [2.45, 2.75) is 44.2 Å². The number of benzene rings is 2. The smallest absolute Gasteiger partial charge is 0.255 e. The lowest BCUT2D eigenvalue weighted by molar-refractivity contribution is -0.128. The van der Waals surface area contributed by atoms with Gasteiger partial charge in [0, 0.05) is 31.1 Å². The van der Waals surface area contributed by atoms with Gasteiger partial charge in [-0.25, -0.2) is 13.1 Å². The summed E-state index contributed by atoms with van der Waals surface area (Å²) in [6.45, 7) is 4.74. The van der Waals surface area contributed by atoms with Crippen molar-refractivity contribution in [3.63, 3.8) is 0 Å². The van der Waals surface area contributed by atoms with Crippen LogP contribution < -0.4 is 14.8 Å². The van der Waals surface area contributed by atoms with Crippen LogP contribution in [0.25, 0.3) is 0 Å². The van der Waals surface area contributed by atoms with Crippen molar-refractivity contribution < 1.29 is 22.7 Å². The fourth-order valence-electron chi connectivity index (χ4n) is 3.38. The van der Waals surface area contributed by atoms with Crippen LogP contribution in [-0.4, -0.2) is 44.8 Å². The van der Waals surface area contributed by atoms with Gasteiger partial charge in [0.1, 0.15) is 5.75 Å². The van der Waals surface area contributed by atoms with E-state index in [4.69, 9.17) is 4.74 Å². The minimum absolute atomic E-state index is 0.0305. The van der Waals surface area contributed by atoms with Gasteiger partial charge in [-0.3, -0.25) is 9.59 Å². The average molecular weight is 446 g/mol. The lowest BCUT2D eigenvalue weighted by Crippen LogP contribution is -2.30. The van der Waals surface area contributed by atoms with Crippen LogP contribution in [0.3, 0.4) is 0 Å². The summed E-state index contributed by atoms with van der Waals surface area (Å²) in [5.74, 6) is 0.102. The van der Waals surface area contributed by atoms with Gasteiger partial charge in [-0.1, -0.05) is 12.1 Å². The van der Waals surface area contributed by atoms with Crippen LogP contribution >= 0.6 is 0 Å². The Bertz CT molecular complexity index is 1070. The third kappa shape index (κ3) is 5.62. The van der Waals surface area contributed by atoms with Crippen molar-refractivity contribution >= 4 is 27.5 Å². The van der Waals surface area contributed by atoms with E-state index in [0.717, 1.165) is 18.5 Å². The van der Waals surface area contributed by atoms with Gasteiger partial charge >= 0.3 is 0 Å². The summed E-state index contributed by atoms with van der Waals surface area (Å²) in [5, 5.41) is 2.72. The summed E-state index contributed by atoms with van der Waals surface area (Å²) < 4.78 is 32.7. The number of rotatable bonds is 8. The Labute approximate surface area is 182 Å². The summed E-state index contributed by atoms with van der Waals surface area (Å²) in [7, 11) is -2.27. The number of nitrogens with zero attached hydrogens (tertiary/aromatic N) is 1. The molecule has 0 saturated carbocycles. The topological polar surface area (TPSA) is 105 Å². The first-order chi connectivity index (χ1) is 14.7. The second-order valence-electron chi connectivity index (χ2n) is 7.71. The number of amides is 2. The predicted molar refractivity (Wildman–Crippen MR) is 117 cm³/mol. The molecule has 0 radical (unpaired) electrons. The number of ether oxygens (including phenoxy) is 1. The Morgan fingerprint density at radius 3 is 2.45 bits per heavy atom. The van der Waals surface area contributed by atoms with Crippen molar-refractivity contribution in [3.8, 4) is 5.75 Å². The molecule has 2 aromatic carbocycles. The SMILES string of the molecule is COc1ccc(S(=O)(=O)NC(C)C)cc1NC(=O)c1ccc(CN2CCCC2=O)cc1. The molecule has 0 bridgehead atoms. The molecule has 0 spiro atoms. The first-order valence-corrected chi connectivity index (χ1v) is 11.6. The third-order valence-electron chi connectivity index (χ3n) is 4.88. The van der Waals surface area contributed by atoms with Crippen LogP contribution in [0.1, 0.15) is 42.6 Å². The standard InChI is InChI=1S/C22H27N3O5S/c1-15(2)24-31(28,29)18-10-11-20(30-3)19(13-18)23-22(27)17-8-6-16(7-9-17)14-25-12-4-5-21(25)26/h6-11,13,15,24H,4-5,12,14H2,1-3H3,(H,23,27). The Kier molecular flexibility index (Phi) is 6.97. The minimum atomic E-state index is -3.72. The van der Waals surface area contributed by atoms with Crippen LogP contribution in [0.2, 0.25) is 0 Å². The minimum Gasteiger partial charge on any atom is -0.495 e. The molecule has 2 aromatic rings. The zero-order chi connectivity index (χ0) is 22.6. The highest BCUT2D eigenvalue weighted by Crippen LogP contribution is 2.28. The Morgan fingerprint density at radius 1 is 1.16 bits per heavy atom. The van der Waals surface area contributed by atoms with Crippen molar-refractivity contribution in [3.05, 3.63) is 53.6 Å². The number of carbonyl (C=O) groups excluding carboxylic acids is 2. The second-order valence-corrected chi connectivity index (χ2v) is 9.42. The van der Waals surface area contributed by atoms with Gasteiger partial charge in [0.05, 0.1) is 17.7 Å². The maximum atomic E-state index is 12.7. The molecule has 2 N–H and O–H groups in total. The summed E-state index contributed by atoms with van der Waals surface area (Å²) in [5.41, 5.74) is 1.61. The van der Waals surface area contributed by atoms with Gasteiger partial charge in [0.15, 0.2) is 0 Å². The fraction of sp³-hybridized carbons (Fsp3) is 0.364. The number of likely N-dealkylation sites (tertiary alicyclic amines) is 1. The van der Waals surface area contributed by atoms with E-state index in [1.54, 1.807) is 30.9 Å². The normalized spacial score (nSPS) is 14.2. The number of sulfonamides is 1. The van der Waals surface area contributed by atoms with Crippen molar-refractivity contribution in [2.24, 2.45) is 0 Å². The molecular formula is C22H27N3O5S. The molecule has 0 aromatic heterocycles. The first kappa shape index (κ1) is 22.8. The molecule has 8 nitrogen and oxygen atoms in total. The molecule has 1 aliphatic rings. The van der Waals surface area contributed by atoms with Crippen molar-refractivity contribution in [1.29, 1.82) is 0 Å². The molecule has 1 heterocycles. The largest absolute Gasteiger partial charge is 0.495 e. The van der Waals surface area contributed by atoms with Gasteiger partial charge in [-0.05, 0) is 56.2 Å². The van der Waals surface area contributed by atoms with Gasteiger partial charge in [0.2, 0.25) is 15.9 Å². The fourth-order valence-corrected chi connectivity index (χ4v) is 4.65. The highest BCUT2D eigenvalue weighted by Gasteiger charge is 2.21. The number of hydrogen-bond acceptors (Lipinski definition) is 5. The van der Waals surface area contributed by atoms with E-state index in [1.165, 1.54) is 25.3 Å². The number of hydrogen-bond donors (Lipinski definition) is 2. The van der Waals surface area contributed by atoms with Gasteiger partial charge in [0.25, 0.3) is 5.91 Å². The highest BCUT2D eigenvalue weighted by molar-refractivity contribution is 7.89. The average Bonchev–Trinajstić information content (AvgIpc) is 3.12. The van der Waals surface area contributed by atoms with Gasteiger partial charge < -0.3 is 15.0 Å². The van der Waals surface area contributed by atoms with E-state index in [9.17, 15) is 18.0 Å². The van der Waals surface area contributed by atoms with E-state index in [-0.39, 0.29) is 22.5 Å². The number of methoxy groups -OCH3 is 1. The molecule has 1 saturated heterocycles. The number of carbonyl (C=O) groups is 2. The van der Waals surface area contributed by atoms with Crippen molar-refractivity contribution in [1.82, 2.24) is 9.62 Å². The van der Waals surface area contributed by atoms with E-state index >= 15 is 0 Å². The van der Waals surface area contributed by atoms with Crippen LogP contribution in [0.4, 0.5) is 5.69 Å². The second kappa shape index (κ2) is 9.49. The Hall–Kier alpha value is -2.91. The van der Waals surface area contributed by atoms with E-state index < -0.39 is 15.9 Å². The Morgan fingerprint density at radius 2 is 1.87 bits per heavy atom. The highest BCUT2D eigenvalue weighted by atomic mass is 32.2. The molecule has 1 fully saturated rings. The molecule has 3 rings (SSSR count). The third-order valence-corrected chi connectivity index (χ3v) is 6.54. The van der Waals surface area contributed by atoms with Crippen LogP contribution in [0.5, 0.6) is 5.75 Å². The van der Waals surface area contributed by atoms with E-state index in [1.807, 2.05) is 12.1 Å². The summed E-state index contributed by atoms with van der Waals surface area (Å²) >= 11 is 0. The molecule has 166 valence electrons. The van der Waals surface area contributed by atoms with Crippen LogP contribution in [0, 0.1) is 0 Å². The maximum Gasteiger partial charge on any atom is 0.255 e. The molecule has 0 aliphatic carbocycles. The molecule has 31 heavy (non-hydrogen) atoms. The first-order valence-electron chi connectivity index (χ1n) is 10.1. The van der Waals surface area contributed by atoms with Crippen LogP contribution in [0.15, 0.2) is 47.4 Å². The Balaban J connectivity index is 1.76. The number of nitrogens with one attached hydrogen (secondary N) is 2. The lowest BCUT2D eigenvalue weighted by Gasteiger charge is -2.16. The van der Waals surface area contributed by atoms with E-state index in [0.29, 0.717) is 24.3 Å². The molecule has 0 atom stereocenters. The molecule has 0 unspecified atom stereocenters. The van der Waals surface area contributed by atoms with Gasteiger partial charge in [-0.15, -0.1) is 0 Å². The van der Waals surface area contributed by atoms with Crippen LogP contribution in [-0.2, 0) is 21.4 Å². The van der Waals surface area contributed by atoms with Gasteiger partial charge in [-0.2, -0.15) is 0 Å². The summed E-state index contributed by atoms with van der Waals surface area (Å²) in [6, 6.07) is 11.0. The lowest BCUT2D eigenvalue weighted by atomic mass is 10.1. The summed E-state index contributed by atoms with van der Waals surface area (Å²) in [6.07, 6.45) is 1.46. The molecule has 2 amide bonds. The number of anilines is 1. The predicted octanol–water partition coefficient (Wildman–Crippen LogP) is 2.76. The monoisotopic (exact) mass is 445 g/mol. The van der Waals surface area contributed by atoms with E-state index in [2.05, 4.69) is 10.0 Å². The summed E-state index contributed by atoms with van der Waals surface area (Å²) in [4.78, 5) is 26.3. The zero-order valence-corrected chi connectivity index (χ0v) is 18.7.